The Balaban J connectivity index is 1.65. The summed E-state index contributed by atoms with van der Waals surface area (Å²) in [6, 6.07) is 15.9. The molecular weight excluding hydrogens is 336 g/mol. The van der Waals surface area contributed by atoms with Gasteiger partial charge in [-0.15, -0.1) is 0 Å². The van der Waals surface area contributed by atoms with E-state index in [1.807, 2.05) is 60.4 Å². The molecule has 0 aliphatic carbocycles. The smallest absolute Gasteiger partial charge is 0.140 e. The number of imidazole rings is 1. The Morgan fingerprint density at radius 2 is 1.78 bits per heavy atom. The fraction of sp³-hybridized carbons (Fsp3) is 0.0476. The van der Waals surface area contributed by atoms with E-state index in [1.165, 1.54) is 0 Å². The largest absolute Gasteiger partial charge is 0.340 e. The molecule has 0 saturated heterocycles. The van der Waals surface area contributed by atoms with Gasteiger partial charge in [-0.3, -0.25) is 9.97 Å². The number of nitrogens with zero attached hydrogens (tertiary/aromatic N) is 5. The monoisotopic (exact) mass is 352 g/mol. The maximum atomic E-state index is 4.86. The summed E-state index contributed by atoms with van der Waals surface area (Å²) in [5.41, 5.74) is 5.73. The van der Waals surface area contributed by atoms with Gasteiger partial charge in [0.1, 0.15) is 5.82 Å². The highest BCUT2D eigenvalue weighted by atomic mass is 15.0. The normalized spacial score (nSPS) is 11.1. The van der Waals surface area contributed by atoms with E-state index in [2.05, 4.69) is 26.3 Å². The van der Waals surface area contributed by atoms with Crippen molar-refractivity contribution in [3.05, 3.63) is 73.4 Å². The number of hydrogen-bond acceptors (Lipinski definition) is 5. The molecule has 6 heteroatoms. The lowest BCUT2D eigenvalue weighted by Crippen LogP contribution is -1.98. The van der Waals surface area contributed by atoms with Crippen LogP contribution in [0.3, 0.4) is 0 Å². The molecule has 0 bridgehead atoms. The topological polar surface area (TPSA) is 68.5 Å². The molecule has 27 heavy (non-hydrogen) atoms. The Bertz CT molecular complexity index is 1260. The fourth-order valence-electron chi connectivity index (χ4n) is 3.18. The zero-order chi connectivity index (χ0) is 18.2. The number of benzene rings is 1. The molecule has 0 fully saturated rings. The van der Waals surface area contributed by atoms with E-state index in [1.54, 1.807) is 18.6 Å². The molecule has 130 valence electrons. The third-order valence-electron chi connectivity index (χ3n) is 4.56. The molecule has 0 atom stereocenters. The first-order valence-electron chi connectivity index (χ1n) is 8.62. The second-order valence-electron chi connectivity index (χ2n) is 6.35. The maximum Gasteiger partial charge on any atom is 0.140 e. The van der Waals surface area contributed by atoms with Gasteiger partial charge in [-0.1, -0.05) is 0 Å². The van der Waals surface area contributed by atoms with E-state index >= 15 is 0 Å². The number of hydrogen-bond donors (Lipinski definition) is 1. The molecule has 1 aromatic carbocycles. The van der Waals surface area contributed by atoms with Crippen molar-refractivity contribution in [2.24, 2.45) is 7.05 Å². The van der Waals surface area contributed by atoms with Crippen LogP contribution in [0.1, 0.15) is 0 Å². The summed E-state index contributed by atoms with van der Waals surface area (Å²) in [6.07, 6.45) is 7.15. The number of aryl methyl sites for hydroxylation is 1. The predicted molar refractivity (Wildman–Crippen MR) is 107 cm³/mol. The van der Waals surface area contributed by atoms with Crippen LogP contribution in [0.2, 0.25) is 0 Å². The summed E-state index contributed by atoms with van der Waals surface area (Å²) < 4.78 is 2.00. The van der Waals surface area contributed by atoms with Gasteiger partial charge in [0.2, 0.25) is 0 Å². The van der Waals surface area contributed by atoms with Crippen LogP contribution < -0.4 is 5.32 Å². The summed E-state index contributed by atoms with van der Waals surface area (Å²) in [6.45, 7) is 0. The van der Waals surface area contributed by atoms with E-state index in [4.69, 9.17) is 4.98 Å². The molecule has 5 rings (SSSR count). The third kappa shape index (κ3) is 2.77. The van der Waals surface area contributed by atoms with E-state index in [9.17, 15) is 0 Å². The van der Waals surface area contributed by atoms with E-state index < -0.39 is 0 Å². The highest BCUT2D eigenvalue weighted by Gasteiger charge is 2.10. The van der Waals surface area contributed by atoms with Crippen LogP contribution >= 0.6 is 0 Å². The number of nitrogens with one attached hydrogen (secondary N) is 1. The van der Waals surface area contributed by atoms with Crippen LogP contribution in [-0.4, -0.2) is 24.5 Å². The predicted octanol–water partition coefficient (Wildman–Crippen LogP) is 4.32. The molecule has 0 aliphatic rings. The Morgan fingerprint density at radius 3 is 2.67 bits per heavy atom. The van der Waals surface area contributed by atoms with Crippen LogP contribution in [0.15, 0.2) is 73.4 Å². The minimum atomic E-state index is 0.772. The number of fused-ring (bicyclic) bond motifs is 2. The summed E-state index contributed by atoms with van der Waals surface area (Å²) in [5, 5.41) is 4.43. The van der Waals surface area contributed by atoms with Crippen molar-refractivity contribution >= 4 is 33.4 Å². The molecule has 0 aliphatic heterocycles. The van der Waals surface area contributed by atoms with Crippen LogP contribution in [0.5, 0.6) is 0 Å². The Kier molecular flexibility index (Phi) is 3.53. The molecule has 0 unspecified atom stereocenters. The Labute approximate surface area is 155 Å². The number of aromatic nitrogens is 5. The van der Waals surface area contributed by atoms with E-state index in [0.717, 1.165) is 44.7 Å². The standard InChI is InChI=1S/C21H16N6/c1-27-13-24-17-5-4-15(11-20(17)27)25-21-16-3-2-8-23-19(16)12-18(26-21)14-6-9-22-10-7-14/h2-13H,1H3,(H,25,26). The second kappa shape index (κ2) is 6.17. The Hall–Kier alpha value is -3.80. The van der Waals surface area contributed by atoms with Gasteiger partial charge in [0.25, 0.3) is 0 Å². The average Bonchev–Trinajstić information content (AvgIpc) is 3.09. The lowest BCUT2D eigenvalue weighted by molar-refractivity contribution is 0.948. The summed E-state index contributed by atoms with van der Waals surface area (Å²) in [5.74, 6) is 0.772. The Morgan fingerprint density at radius 1 is 0.889 bits per heavy atom. The van der Waals surface area contributed by atoms with Gasteiger partial charge < -0.3 is 9.88 Å². The fourth-order valence-corrected chi connectivity index (χ4v) is 3.18. The molecule has 0 radical (unpaired) electrons. The van der Waals surface area contributed by atoms with Crippen molar-refractivity contribution in [1.29, 1.82) is 0 Å². The third-order valence-corrected chi connectivity index (χ3v) is 4.56. The first kappa shape index (κ1) is 15.5. The molecule has 6 nitrogen and oxygen atoms in total. The van der Waals surface area contributed by atoms with Gasteiger partial charge >= 0.3 is 0 Å². The molecule has 0 spiro atoms. The lowest BCUT2D eigenvalue weighted by atomic mass is 10.1. The molecule has 0 amide bonds. The highest BCUT2D eigenvalue weighted by molar-refractivity contribution is 5.94. The highest BCUT2D eigenvalue weighted by Crippen LogP contribution is 2.29. The van der Waals surface area contributed by atoms with Crippen LogP contribution in [0.4, 0.5) is 11.5 Å². The maximum absolute atomic E-state index is 4.86. The SMILES string of the molecule is Cn1cnc2ccc(Nc3nc(-c4ccncc4)cc4ncccc34)cc21. The van der Waals surface area contributed by atoms with E-state index in [0.29, 0.717) is 0 Å². The number of rotatable bonds is 3. The zero-order valence-electron chi connectivity index (χ0n) is 14.7. The van der Waals surface area contributed by atoms with Crippen LogP contribution in [-0.2, 0) is 7.05 Å². The van der Waals surface area contributed by atoms with Crippen molar-refractivity contribution in [3.8, 4) is 11.3 Å². The van der Waals surface area contributed by atoms with Crippen molar-refractivity contribution in [2.75, 3.05) is 5.32 Å². The molecule has 4 heterocycles. The number of anilines is 2. The molecular formula is C21H16N6. The average molecular weight is 352 g/mol. The van der Waals surface area contributed by atoms with Gasteiger partial charge in [-0.25, -0.2) is 9.97 Å². The minimum absolute atomic E-state index is 0.772. The van der Waals surface area contributed by atoms with Gasteiger partial charge in [-0.2, -0.15) is 0 Å². The summed E-state index contributed by atoms with van der Waals surface area (Å²) in [4.78, 5) is 17.8. The lowest BCUT2D eigenvalue weighted by Gasteiger charge is -2.11. The van der Waals surface area contributed by atoms with Crippen molar-refractivity contribution in [3.63, 3.8) is 0 Å². The quantitative estimate of drug-likeness (QED) is 0.524. The van der Waals surface area contributed by atoms with E-state index in [-0.39, 0.29) is 0 Å². The van der Waals surface area contributed by atoms with Crippen molar-refractivity contribution in [1.82, 2.24) is 24.5 Å². The first-order valence-corrected chi connectivity index (χ1v) is 8.62. The molecule has 1 N–H and O–H groups in total. The van der Waals surface area contributed by atoms with Gasteiger partial charge in [0.15, 0.2) is 0 Å². The van der Waals surface area contributed by atoms with Crippen molar-refractivity contribution in [2.45, 2.75) is 0 Å². The van der Waals surface area contributed by atoms with Gasteiger partial charge in [0, 0.05) is 42.3 Å². The summed E-state index contributed by atoms with van der Waals surface area (Å²) >= 11 is 0. The van der Waals surface area contributed by atoms with Gasteiger partial charge in [-0.05, 0) is 48.5 Å². The number of pyridine rings is 3. The minimum Gasteiger partial charge on any atom is -0.340 e. The van der Waals surface area contributed by atoms with Crippen LogP contribution in [0, 0.1) is 0 Å². The van der Waals surface area contributed by atoms with Crippen LogP contribution in [0.25, 0.3) is 33.2 Å². The summed E-state index contributed by atoms with van der Waals surface area (Å²) in [7, 11) is 1.99. The molecule has 0 saturated carbocycles. The molecule has 4 aromatic heterocycles. The zero-order valence-corrected chi connectivity index (χ0v) is 14.7. The first-order chi connectivity index (χ1) is 13.3. The second-order valence-corrected chi connectivity index (χ2v) is 6.35. The van der Waals surface area contributed by atoms with Crippen molar-refractivity contribution < 1.29 is 0 Å². The van der Waals surface area contributed by atoms with Gasteiger partial charge in [0.05, 0.1) is 28.6 Å². The molecule has 5 aromatic rings.